The van der Waals surface area contributed by atoms with Crippen LogP contribution in [0.15, 0.2) is 41.3 Å². The lowest BCUT2D eigenvalue weighted by Crippen LogP contribution is -2.42. The summed E-state index contributed by atoms with van der Waals surface area (Å²) in [4.78, 5) is 0.271. The summed E-state index contributed by atoms with van der Waals surface area (Å²) in [5, 5.41) is 0. The van der Waals surface area contributed by atoms with Crippen molar-refractivity contribution in [2.24, 2.45) is 0 Å². The van der Waals surface area contributed by atoms with Crippen LogP contribution in [0.3, 0.4) is 0 Å². The molecule has 1 fully saturated rings. The molecule has 2 aromatic rings. The third-order valence-corrected chi connectivity index (χ3v) is 6.72. The number of rotatable bonds is 4. The molecule has 5 nitrogen and oxygen atoms in total. The van der Waals surface area contributed by atoms with Crippen molar-refractivity contribution < 1.29 is 22.3 Å². The number of nitrogens with zero attached hydrogens (tertiary/aromatic N) is 1. The van der Waals surface area contributed by atoms with Crippen LogP contribution in [0.2, 0.25) is 0 Å². The van der Waals surface area contributed by atoms with Crippen LogP contribution in [0.4, 0.5) is 4.39 Å². The van der Waals surface area contributed by atoms with Gasteiger partial charge < -0.3 is 9.47 Å². The van der Waals surface area contributed by atoms with E-state index in [4.69, 9.17) is 9.47 Å². The lowest BCUT2D eigenvalue weighted by Gasteiger charge is -2.33. The van der Waals surface area contributed by atoms with E-state index in [1.54, 1.807) is 51.3 Å². The average molecular weight is 379 g/mol. The van der Waals surface area contributed by atoms with Gasteiger partial charge in [0.2, 0.25) is 10.0 Å². The van der Waals surface area contributed by atoms with Gasteiger partial charge in [-0.2, -0.15) is 4.31 Å². The van der Waals surface area contributed by atoms with Crippen LogP contribution >= 0.6 is 0 Å². The van der Waals surface area contributed by atoms with Crippen molar-refractivity contribution in [2.75, 3.05) is 26.8 Å². The highest BCUT2D eigenvalue weighted by Gasteiger charge is 2.34. The first kappa shape index (κ1) is 18.8. The Kier molecular flexibility index (Phi) is 5.32. The quantitative estimate of drug-likeness (QED) is 0.819. The number of methoxy groups -OCH3 is 1. The first-order chi connectivity index (χ1) is 12.3. The van der Waals surface area contributed by atoms with E-state index >= 15 is 0 Å². The van der Waals surface area contributed by atoms with Crippen molar-refractivity contribution >= 4 is 10.0 Å². The zero-order chi connectivity index (χ0) is 18.9. The molecule has 0 radical (unpaired) electrons. The molecule has 0 aromatic heterocycles. The molecule has 3 rings (SSSR count). The van der Waals surface area contributed by atoms with Gasteiger partial charge in [-0.05, 0) is 43.2 Å². The van der Waals surface area contributed by atoms with Gasteiger partial charge in [0.05, 0.1) is 24.7 Å². The maximum atomic E-state index is 14.1. The van der Waals surface area contributed by atoms with E-state index in [1.807, 2.05) is 0 Å². The smallest absolute Gasteiger partial charge is 0.243 e. The highest BCUT2D eigenvalue weighted by atomic mass is 32.2. The van der Waals surface area contributed by atoms with Gasteiger partial charge >= 0.3 is 0 Å². The topological polar surface area (TPSA) is 55.8 Å². The normalized spacial score (nSPS) is 18.7. The molecular formula is C19H22FNO4S. The van der Waals surface area contributed by atoms with Crippen molar-refractivity contribution in [2.45, 2.75) is 24.8 Å². The summed E-state index contributed by atoms with van der Waals surface area (Å²) in [6.45, 7) is 4.02. The van der Waals surface area contributed by atoms with E-state index in [0.717, 1.165) is 0 Å². The van der Waals surface area contributed by atoms with E-state index in [9.17, 15) is 12.8 Å². The number of benzene rings is 2. The third-order valence-electron chi connectivity index (χ3n) is 4.55. The van der Waals surface area contributed by atoms with E-state index in [-0.39, 0.29) is 24.6 Å². The highest BCUT2D eigenvalue weighted by molar-refractivity contribution is 7.89. The number of hydrogen-bond acceptors (Lipinski definition) is 4. The van der Waals surface area contributed by atoms with Crippen molar-refractivity contribution in [3.05, 3.63) is 58.9 Å². The van der Waals surface area contributed by atoms with Crippen molar-refractivity contribution in [1.82, 2.24) is 4.31 Å². The van der Waals surface area contributed by atoms with Crippen LogP contribution in [-0.4, -0.2) is 39.5 Å². The molecule has 0 spiro atoms. The second-order valence-electron chi connectivity index (χ2n) is 6.33. The van der Waals surface area contributed by atoms with Crippen LogP contribution in [0, 0.1) is 19.7 Å². The molecule has 1 aliphatic heterocycles. The van der Waals surface area contributed by atoms with E-state index in [0.29, 0.717) is 22.4 Å². The molecule has 1 unspecified atom stereocenters. The van der Waals surface area contributed by atoms with Crippen molar-refractivity contribution in [3.63, 3.8) is 0 Å². The maximum absolute atomic E-state index is 14.1. The first-order valence-corrected chi connectivity index (χ1v) is 9.80. The Morgan fingerprint density at radius 2 is 1.85 bits per heavy atom. The van der Waals surface area contributed by atoms with Gasteiger partial charge in [0, 0.05) is 18.7 Å². The van der Waals surface area contributed by atoms with E-state index in [2.05, 4.69) is 0 Å². The van der Waals surface area contributed by atoms with E-state index < -0.39 is 21.9 Å². The SMILES string of the molecule is COc1cc(C)c(S(=O)(=O)N2CCOC(c3ccccc3F)C2)c(C)c1. The molecule has 0 amide bonds. The summed E-state index contributed by atoms with van der Waals surface area (Å²) in [5.41, 5.74) is 1.61. The number of morpholine rings is 1. The fraction of sp³-hybridized carbons (Fsp3) is 0.368. The fourth-order valence-electron chi connectivity index (χ4n) is 3.33. The van der Waals surface area contributed by atoms with Gasteiger partial charge in [-0.3, -0.25) is 0 Å². The summed E-state index contributed by atoms with van der Waals surface area (Å²) in [6, 6.07) is 9.69. The molecule has 0 aliphatic carbocycles. The molecule has 1 saturated heterocycles. The molecule has 1 heterocycles. The first-order valence-electron chi connectivity index (χ1n) is 8.36. The summed E-state index contributed by atoms with van der Waals surface area (Å²) < 4.78 is 52.7. The van der Waals surface area contributed by atoms with Crippen molar-refractivity contribution in [3.8, 4) is 5.75 Å². The highest BCUT2D eigenvalue weighted by Crippen LogP contribution is 2.32. The molecule has 26 heavy (non-hydrogen) atoms. The van der Waals surface area contributed by atoms with Gasteiger partial charge in [-0.15, -0.1) is 0 Å². The monoisotopic (exact) mass is 379 g/mol. The minimum Gasteiger partial charge on any atom is -0.497 e. The lowest BCUT2D eigenvalue weighted by atomic mass is 10.1. The zero-order valence-electron chi connectivity index (χ0n) is 15.0. The van der Waals surface area contributed by atoms with Gasteiger partial charge in [-0.1, -0.05) is 18.2 Å². The number of halogens is 1. The Bertz CT molecular complexity index is 891. The number of hydrogen-bond donors (Lipinski definition) is 0. The second-order valence-corrected chi connectivity index (χ2v) is 8.21. The lowest BCUT2D eigenvalue weighted by molar-refractivity contribution is -0.00445. The Morgan fingerprint density at radius 1 is 1.19 bits per heavy atom. The van der Waals surface area contributed by atoms with Gasteiger partial charge in [-0.25, -0.2) is 12.8 Å². The number of aryl methyl sites for hydroxylation is 2. The Hall–Kier alpha value is -1.96. The molecule has 140 valence electrons. The summed E-state index contributed by atoms with van der Waals surface area (Å²) in [5.74, 6) is 0.221. The molecule has 0 bridgehead atoms. The summed E-state index contributed by atoms with van der Waals surface area (Å²) >= 11 is 0. The molecular weight excluding hydrogens is 357 g/mol. The Morgan fingerprint density at radius 3 is 2.46 bits per heavy atom. The van der Waals surface area contributed by atoms with Gasteiger partial charge in [0.25, 0.3) is 0 Å². The minimum absolute atomic E-state index is 0.0776. The van der Waals surface area contributed by atoms with E-state index in [1.165, 1.54) is 10.4 Å². The molecule has 0 N–H and O–H groups in total. The van der Waals surface area contributed by atoms with Crippen molar-refractivity contribution in [1.29, 1.82) is 0 Å². The van der Waals surface area contributed by atoms with Gasteiger partial charge in [0.1, 0.15) is 11.6 Å². The third kappa shape index (κ3) is 3.47. The maximum Gasteiger partial charge on any atom is 0.243 e. The van der Waals surface area contributed by atoms with Crippen LogP contribution < -0.4 is 4.74 Å². The fourth-order valence-corrected chi connectivity index (χ4v) is 5.17. The molecule has 0 saturated carbocycles. The number of sulfonamides is 1. The zero-order valence-corrected chi connectivity index (χ0v) is 15.8. The van der Waals surface area contributed by atoms with Crippen LogP contribution in [-0.2, 0) is 14.8 Å². The van der Waals surface area contributed by atoms with Crippen LogP contribution in [0.1, 0.15) is 22.8 Å². The average Bonchev–Trinajstić information content (AvgIpc) is 2.61. The second kappa shape index (κ2) is 7.34. The predicted octanol–water partition coefficient (Wildman–Crippen LogP) is 3.21. The Labute approximate surface area is 153 Å². The minimum atomic E-state index is -3.73. The molecule has 1 atom stereocenters. The largest absolute Gasteiger partial charge is 0.497 e. The molecule has 7 heteroatoms. The molecule has 1 aliphatic rings. The Balaban J connectivity index is 1.94. The van der Waals surface area contributed by atoms with Crippen LogP contribution in [0.25, 0.3) is 0 Å². The number of ether oxygens (including phenoxy) is 2. The summed E-state index contributed by atoms with van der Waals surface area (Å²) in [6.07, 6.45) is -0.626. The standard InChI is InChI=1S/C19H22FNO4S/c1-13-10-15(24-3)11-14(2)19(13)26(22,23)21-8-9-25-18(12-21)16-6-4-5-7-17(16)20/h4-7,10-11,18H,8-9,12H2,1-3H3. The van der Waals surface area contributed by atoms with Crippen LogP contribution in [0.5, 0.6) is 5.75 Å². The van der Waals surface area contributed by atoms with Gasteiger partial charge in [0.15, 0.2) is 0 Å². The summed E-state index contributed by atoms with van der Waals surface area (Å²) in [7, 11) is -2.18. The molecule has 2 aromatic carbocycles. The predicted molar refractivity (Wildman–Crippen MR) is 96.3 cm³/mol.